The molecular weight excluding hydrogens is 289 g/mol. The lowest BCUT2D eigenvalue weighted by atomic mass is 10.2. The Labute approximate surface area is 128 Å². The summed E-state index contributed by atoms with van der Waals surface area (Å²) in [5.74, 6) is -0.0321. The van der Waals surface area contributed by atoms with Gasteiger partial charge < -0.3 is 10.1 Å². The Hall–Kier alpha value is -2.01. The average molecular weight is 305 g/mol. The second-order valence-corrected chi connectivity index (χ2v) is 5.29. The topological polar surface area (TPSA) is 38.3 Å². The predicted molar refractivity (Wildman–Crippen MR) is 83.8 cm³/mol. The van der Waals surface area contributed by atoms with Gasteiger partial charge in [-0.1, -0.05) is 0 Å². The highest BCUT2D eigenvalue weighted by molar-refractivity contribution is 7.80. The molecule has 0 aromatic heterocycles. The lowest BCUT2D eigenvalue weighted by Gasteiger charge is -2.11. The van der Waals surface area contributed by atoms with Crippen LogP contribution in [0.5, 0.6) is 5.75 Å². The number of ether oxygens (including phenoxy) is 1. The van der Waals surface area contributed by atoms with E-state index in [9.17, 15) is 9.18 Å². The van der Waals surface area contributed by atoms with Crippen molar-refractivity contribution in [1.29, 1.82) is 0 Å². The maximum atomic E-state index is 13.1. The van der Waals surface area contributed by atoms with Gasteiger partial charge in [0.25, 0.3) is 5.91 Å². The second-order valence-electron chi connectivity index (χ2n) is 4.81. The van der Waals surface area contributed by atoms with E-state index in [4.69, 9.17) is 4.74 Å². The van der Waals surface area contributed by atoms with E-state index in [-0.39, 0.29) is 16.9 Å². The molecule has 0 saturated heterocycles. The standard InChI is InChI=1S/C16H16FNO2S/c1-10(2)20-13-6-4-12(5-7-13)18-16(19)11-3-8-14(17)15(21)9-11/h3-10,21H,1-2H3,(H,18,19). The molecule has 2 rings (SSSR count). The van der Waals surface area contributed by atoms with Crippen molar-refractivity contribution in [3.8, 4) is 5.75 Å². The normalized spacial score (nSPS) is 10.5. The predicted octanol–water partition coefficient (Wildman–Crippen LogP) is 4.15. The van der Waals surface area contributed by atoms with E-state index in [1.807, 2.05) is 13.8 Å². The number of rotatable bonds is 4. The largest absolute Gasteiger partial charge is 0.491 e. The molecule has 1 N–H and O–H groups in total. The number of benzene rings is 2. The smallest absolute Gasteiger partial charge is 0.255 e. The first-order valence-corrected chi connectivity index (χ1v) is 6.97. The minimum Gasteiger partial charge on any atom is -0.491 e. The highest BCUT2D eigenvalue weighted by atomic mass is 32.1. The minimum atomic E-state index is -0.454. The van der Waals surface area contributed by atoms with Crippen molar-refractivity contribution in [1.82, 2.24) is 0 Å². The number of hydrogen-bond donors (Lipinski definition) is 2. The summed E-state index contributed by atoms with van der Waals surface area (Å²) in [5.41, 5.74) is 0.991. The third kappa shape index (κ3) is 4.23. The number of hydrogen-bond acceptors (Lipinski definition) is 3. The van der Waals surface area contributed by atoms with Crippen LogP contribution in [-0.4, -0.2) is 12.0 Å². The van der Waals surface area contributed by atoms with Crippen molar-refractivity contribution >= 4 is 24.2 Å². The van der Waals surface area contributed by atoms with Crippen LogP contribution in [0.2, 0.25) is 0 Å². The van der Waals surface area contributed by atoms with Crippen LogP contribution in [0.25, 0.3) is 0 Å². The Morgan fingerprint density at radius 1 is 1.19 bits per heavy atom. The van der Waals surface area contributed by atoms with Crippen molar-refractivity contribution in [2.75, 3.05) is 5.32 Å². The van der Waals surface area contributed by atoms with Gasteiger partial charge in [0.2, 0.25) is 0 Å². The summed E-state index contributed by atoms with van der Waals surface area (Å²) in [5, 5.41) is 2.73. The van der Waals surface area contributed by atoms with Crippen LogP contribution in [0.1, 0.15) is 24.2 Å². The molecule has 0 spiro atoms. The Bertz CT molecular complexity index is 641. The van der Waals surface area contributed by atoms with Gasteiger partial charge >= 0.3 is 0 Å². The summed E-state index contributed by atoms with van der Waals surface area (Å²) in [4.78, 5) is 12.2. The molecule has 0 fully saturated rings. The van der Waals surface area contributed by atoms with Gasteiger partial charge in [-0.15, -0.1) is 12.6 Å². The molecule has 0 aliphatic heterocycles. The van der Waals surface area contributed by atoms with Crippen LogP contribution in [0, 0.1) is 5.82 Å². The van der Waals surface area contributed by atoms with E-state index in [1.165, 1.54) is 18.2 Å². The number of anilines is 1. The number of amides is 1. The summed E-state index contributed by atoms with van der Waals surface area (Å²) in [6.45, 7) is 3.89. The fourth-order valence-electron chi connectivity index (χ4n) is 1.75. The molecular formula is C16H16FNO2S. The van der Waals surface area contributed by atoms with Crippen LogP contribution in [0.4, 0.5) is 10.1 Å². The summed E-state index contributed by atoms with van der Waals surface area (Å²) in [6, 6.07) is 11.1. The molecule has 2 aromatic carbocycles. The monoisotopic (exact) mass is 305 g/mol. The fourth-order valence-corrected chi connectivity index (χ4v) is 1.96. The van der Waals surface area contributed by atoms with Gasteiger partial charge in [0, 0.05) is 16.1 Å². The molecule has 0 heterocycles. The molecule has 0 unspecified atom stereocenters. The summed E-state index contributed by atoms with van der Waals surface area (Å²) in [7, 11) is 0. The van der Waals surface area contributed by atoms with E-state index >= 15 is 0 Å². The fraction of sp³-hybridized carbons (Fsp3) is 0.188. The second kappa shape index (κ2) is 6.63. The Morgan fingerprint density at radius 2 is 1.86 bits per heavy atom. The first-order chi connectivity index (χ1) is 9.95. The van der Waals surface area contributed by atoms with Crippen molar-refractivity contribution < 1.29 is 13.9 Å². The van der Waals surface area contributed by atoms with E-state index in [0.717, 1.165) is 5.75 Å². The van der Waals surface area contributed by atoms with Crippen LogP contribution in [0.3, 0.4) is 0 Å². The van der Waals surface area contributed by atoms with E-state index in [0.29, 0.717) is 11.3 Å². The van der Waals surface area contributed by atoms with E-state index in [1.54, 1.807) is 24.3 Å². The maximum absolute atomic E-state index is 13.1. The van der Waals surface area contributed by atoms with Crippen LogP contribution >= 0.6 is 12.6 Å². The molecule has 0 radical (unpaired) electrons. The molecule has 3 nitrogen and oxygen atoms in total. The molecule has 110 valence electrons. The summed E-state index contributed by atoms with van der Waals surface area (Å²) < 4.78 is 18.6. The lowest BCUT2D eigenvalue weighted by molar-refractivity contribution is 0.102. The lowest BCUT2D eigenvalue weighted by Crippen LogP contribution is -2.12. The molecule has 0 bridgehead atoms. The Kier molecular flexibility index (Phi) is 4.85. The van der Waals surface area contributed by atoms with Crippen LogP contribution < -0.4 is 10.1 Å². The number of carbonyl (C=O) groups excluding carboxylic acids is 1. The zero-order valence-corrected chi connectivity index (χ0v) is 12.7. The number of carbonyl (C=O) groups is 1. The minimum absolute atomic E-state index is 0.0958. The third-order valence-electron chi connectivity index (χ3n) is 2.69. The SMILES string of the molecule is CC(C)Oc1ccc(NC(=O)c2ccc(F)c(S)c2)cc1. The molecule has 0 atom stereocenters. The highest BCUT2D eigenvalue weighted by Crippen LogP contribution is 2.19. The molecule has 1 amide bonds. The van der Waals surface area contributed by atoms with E-state index in [2.05, 4.69) is 17.9 Å². The Balaban J connectivity index is 2.06. The molecule has 0 aliphatic rings. The van der Waals surface area contributed by atoms with Crippen LogP contribution in [-0.2, 0) is 0 Å². The molecule has 0 aliphatic carbocycles. The van der Waals surface area contributed by atoms with Gasteiger partial charge in [-0.25, -0.2) is 4.39 Å². The average Bonchev–Trinajstić information content (AvgIpc) is 2.43. The number of nitrogens with one attached hydrogen (secondary N) is 1. The molecule has 21 heavy (non-hydrogen) atoms. The van der Waals surface area contributed by atoms with Gasteiger partial charge in [0.15, 0.2) is 0 Å². The van der Waals surface area contributed by atoms with Crippen molar-refractivity contribution in [3.63, 3.8) is 0 Å². The van der Waals surface area contributed by atoms with Gasteiger partial charge in [-0.05, 0) is 56.3 Å². The Morgan fingerprint density at radius 3 is 2.43 bits per heavy atom. The quantitative estimate of drug-likeness (QED) is 0.833. The number of thiol groups is 1. The van der Waals surface area contributed by atoms with Crippen LogP contribution in [0.15, 0.2) is 47.4 Å². The van der Waals surface area contributed by atoms with Gasteiger partial charge in [0.1, 0.15) is 11.6 Å². The van der Waals surface area contributed by atoms with Gasteiger partial charge in [0.05, 0.1) is 6.10 Å². The maximum Gasteiger partial charge on any atom is 0.255 e. The summed E-state index contributed by atoms with van der Waals surface area (Å²) in [6.07, 6.45) is 0.0958. The molecule has 2 aromatic rings. The number of halogens is 1. The molecule has 5 heteroatoms. The van der Waals surface area contributed by atoms with Gasteiger partial charge in [-0.3, -0.25) is 4.79 Å². The van der Waals surface area contributed by atoms with Crippen molar-refractivity contribution in [2.45, 2.75) is 24.8 Å². The first-order valence-electron chi connectivity index (χ1n) is 6.52. The van der Waals surface area contributed by atoms with Gasteiger partial charge in [-0.2, -0.15) is 0 Å². The zero-order chi connectivity index (χ0) is 15.4. The summed E-state index contributed by atoms with van der Waals surface area (Å²) >= 11 is 3.96. The van der Waals surface area contributed by atoms with Crippen molar-refractivity contribution in [3.05, 3.63) is 53.8 Å². The highest BCUT2D eigenvalue weighted by Gasteiger charge is 2.08. The van der Waals surface area contributed by atoms with Crippen molar-refractivity contribution in [2.24, 2.45) is 0 Å². The van der Waals surface area contributed by atoms with E-state index < -0.39 is 5.82 Å². The first kappa shape index (κ1) is 15.4. The third-order valence-corrected chi connectivity index (χ3v) is 3.04. The zero-order valence-electron chi connectivity index (χ0n) is 11.8. The molecule has 0 saturated carbocycles.